The summed E-state index contributed by atoms with van der Waals surface area (Å²) in [6.07, 6.45) is 3.11. The number of H-pyrrole nitrogens is 1. The van der Waals surface area contributed by atoms with Crippen molar-refractivity contribution in [3.8, 4) is 5.82 Å². The van der Waals surface area contributed by atoms with Gasteiger partial charge in [0.05, 0.1) is 18.1 Å². The summed E-state index contributed by atoms with van der Waals surface area (Å²) in [5.41, 5.74) is 11.6. The van der Waals surface area contributed by atoms with Gasteiger partial charge in [0.1, 0.15) is 0 Å². The second kappa shape index (κ2) is 2.26. The van der Waals surface area contributed by atoms with E-state index in [-0.39, 0.29) is 0 Å². The average Bonchev–Trinajstić information content (AvgIpc) is 2.64. The lowest BCUT2D eigenvalue weighted by atomic mass is 10.5. The van der Waals surface area contributed by atoms with E-state index in [0.717, 1.165) is 0 Å². The van der Waals surface area contributed by atoms with Gasteiger partial charge in [-0.2, -0.15) is 14.9 Å². The van der Waals surface area contributed by atoms with E-state index < -0.39 is 0 Å². The standard InChI is InChI=1S/C6H8N6/c7-4-3-10-12(6(4)8)5-1-2-9-11-5/h1-3H,7-8H2,(H,9,11). The van der Waals surface area contributed by atoms with E-state index >= 15 is 0 Å². The van der Waals surface area contributed by atoms with Crippen molar-refractivity contribution in [3.63, 3.8) is 0 Å². The molecule has 0 saturated carbocycles. The van der Waals surface area contributed by atoms with Crippen LogP contribution in [0.5, 0.6) is 0 Å². The van der Waals surface area contributed by atoms with Crippen LogP contribution >= 0.6 is 0 Å². The van der Waals surface area contributed by atoms with Gasteiger partial charge in [-0.15, -0.1) is 0 Å². The molecule has 0 bridgehead atoms. The highest BCUT2D eigenvalue weighted by Crippen LogP contribution is 2.15. The Bertz CT molecular complexity index is 373. The van der Waals surface area contributed by atoms with Gasteiger partial charge in [-0.1, -0.05) is 0 Å². The molecule has 2 aromatic heterocycles. The summed E-state index contributed by atoms with van der Waals surface area (Å²) in [4.78, 5) is 0. The van der Waals surface area contributed by atoms with E-state index in [1.165, 1.54) is 10.9 Å². The molecule has 5 N–H and O–H groups in total. The Morgan fingerprint density at radius 1 is 1.42 bits per heavy atom. The van der Waals surface area contributed by atoms with Crippen molar-refractivity contribution in [2.45, 2.75) is 0 Å². The molecule has 6 nitrogen and oxygen atoms in total. The maximum absolute atomic E-state index is 5.62. The summed E-state index contributed by atoms with van der Waals surface area (Å²) in [5.74, 6) is 1.11. The molecule has 0 radical (unpaired) electrons. The van der Waals surface area contributed by atoms with Crippen LogP contribution in [0.1, 0.15) is 0 Å². The number of aromatic nitrogens is 4. The summed E-state index contributed by atoms with van der Waals surface area (Å²) >= 11 is 0. The quantitative estimate of drug-likeness (QED) is 0.541. The van der Waals surface area contributed by atoms with Crippen molar-refractivity contribution >= 4 is 11.5 Å². The Hall–Kier alpha value is -1.98. The molecule has 0 spiro atoms. The molecule has 0 amide bonds. The second-order valence-corrected chi connectivity index (χ2v) is 2.34. The summed E-state index contributed by atoms with van der Waals surface area (Å²) < 4.78 is 1.49. The SMILES string of the molecule is Nc1cnn(-c2ccn[nH]2)c1N. The van der Waals surface area contributed by atoms with E-state index in [1.54, 1.807) is 12.3 Å². The minimum atomic E-state index is 0.416. The first-order chi connectivity index (χ1) is 5.79. The first kappa shape index (κ1) is 6.71. The predicted molar refractivity (Wildman–Crippen MR) is 44.5 cm³/mol. The maximum atomic E-state index is 5.62. The van der Waals surface area contributed by atoms with Gasteiger partial charge in [0, 0.05) is 6.07 Å². The zero-order valence-corrected chi connectivity index (χ0v) is 6.23. The van der Waals surface area contributed by atoms with Gasteiger partial charge in [0.15, 0.2) is 11.6 Å². The fourth-order valence-corrected chi connectivity index (χ4v) is 0.929. The number of nitrogens with two attached hydrogens (primary N) is 2. The number of aromatic amines is 1. The monoisotopic (exact) mass is 164 g/mol. The van der Waals surface area contributed by atoms with E-state index in [2.05, 4.69) is 15.3 Å². The fraction of sp³-hybridized carbons (Fsp3) is 0. The molecule has 2 rings (SSSR count). The third-order valence-corrected chi connectivity index (χ3v) is 1.55. The number of nitrogens with zero attached hydrogens (tertiary/aromatic N) is 3. The average molecular weight is 164 g/mol. The van der Waals surface area contributed by atoms with Crippen LogP contribution in [-0.4, -0.2) is 20.0 Å². The molecule has 2 heterocycles. The lowest BCUT2D eigenvalue weighted by molar-refractivity contribution is 0.845. The van der Waals surface area contributed by atoms with Gasteiger partial charge < -0.3 is 11.5 Å². The van der Waals surface area contributed by atoms with Crippen molar-refractivity contribution in [2.75, 3.05) is 11.5 Å². The van der Waals surface area contributed by atoms with Crippen molar-refractivity contribution in [2.24, 2.45) is 0 Å². The smallest absolute Gasteiger partial charge is 0.152 e. The Morgan fingerprint density at radius 2 is 2.25 bits per heavy atom. The lowest BCUT2D eigenvalue weighted by Gasteiger charge is -1.98. The minimum absolute atomic E-state index is 0.416. The summed E-state index contributed by atoms with van der Waals surface area (Å²) in [5, 5.41) is 10.4. The van der Waals surface area contributed by atoms with Crippen LogP contribution < -0.4 is 11.5 Å². The van der Waals surface area contributed by atoms with Gasteiger partial charge >= 0.3 is 0 Å². The van der Waals surface area contributed by atoms with Gasteiger partial charge in [-0.3, -0.25) is 5.10 Å². The number of nitrogen functional groups attached to an aromatic ring is 2. The van der Waals surface area contributed by atoms with Crippen LogP contribution in [0.3, 0.4) is 0 Å². The van der Waals surface area contributed by atoms with E-state index in [9.17, 15) is 0 Å². The maximum Gasteiger partial charge on any atom is 0.152 e. The van der Waals surface area contributed by atoms with Crippen LogP contribution in [0.4, 0.5) is 11.5 Å². The van der Waals surface area contributed by atoms with Crippen molar-refractivity contribution in [1.29, 1.82) is 0 Å². The Labute approximate surface area is 68.2 Å². The molecule has 0 saturated heterocycles. The molecule has 0 aromatic carbocycles. The van der Waals surface area contributed by atoms with Gasteiger partial charge in [-0.25, -0.2) is 0 Å². The second-order valence-electron chi connectivity index (χ2n) is 2.34. The summed E-state index contributed by atoms with van der Waals surface area (Å²) in [6.45, 7) is 0. The number of nitrogens with one attached hydrogen (secondary N) is 1. The summed E-state index contributed by atoms with van der Waals surface area (Å²) in [6, 6.07) is 1.75. The van der Waals surface area contributed by atoms with Crippen LogP contribution in [0.15, 0.2) is 18.5 Å². The molecule has 12 heavy (non-hydrogen) atoms. The Kier molecular flexibility index (Phi) is 1.26. The normalized spacial score (nSPS) is 10.3. The molecule has 0 aliphatic heterocycles. The van der Waals surface area contributed by atoms with Crippen LogP contribution in [0, 0.1) is 0 Å². The molecule has 2 aromatic rings. The topological polar surface area (TPSA) is 98.5 Å². The Balaban J connectivity index is 2.55. The highest BCUT2D eigenvalue weighted by atomic mass is 15.4. The Morgan fingerprint density at radius 3 is 2.75 bits per heavy atom. The molecule has 62 valence electrons. The molecular formula is C6H8N6. The van der Waals surface area contributed by atoms with Crippen LogP contribution in [0.25, 0.3) is 5.82 Å². The van der Waals surface area contributed by atoms with E-state index in [0.29, 0.717) is 17.3 Å². The largest absolute Gasteiger partial charge is 0.394 e. The van der Waals surface area contributed by atoms with Gasteiger partial charge in [0.25, 0.3) is 0 Å². The highest BCUT2D eigenvalue weighted by molar-refractivity contribution is 5.59. The van der Waals surface area contributed by atoms with E-state index in [1.807, 2.05) is 0 Å². The van der Waals surface area contributed by atoms with Crippen molar-refractivity contribution < 1.29 is 0 Å². The number of hydrogen-bond donors (Lipinski definition) is 3. The third-order valence-electron chi connectivity index (χ3n) is 1.55. The molecule has 0 unspecified atom stereocenters. The lowest BCUT2D eigenvalue weighted by Crippen LogP contribution is -2.03. The molecule has 6 heteroatoms. The first-order valence-electron chi connectivity index (χ1n) is 3.38. The van der Waals surface area contributed by atoms with Crippen molar-refractivity contribution in [3.05, 3.63) is 18.5 Å². The zero-order valence-electron chi connectivity index (χ0n) is 6.23. The third kappa shape index (κ3) is 0.815. The number of hydrogen-bond acceptors (Lipinski definition) is 4. The minimum Gasteiger partial charge on any atom is -0.394 e. The zero-order chi connectivity index (χ0) is 8.55. The summed E-state index contributed by atoms with van der Waals surface area (Å²) in [7, 11) is 0. The van der Waals surface area contributed by atoms with Gasteiger partial charge in [-0.05, 0) is 0 Å². The molecule has 0 aliphatic rings. The number of rotatable bonds is 1. The van der Waals surface area contributed by atoms with Crippen molar-refractivity contribution in [1.82, 2.24) is 20.0 Å². The molecule has 0 aliphatic carbocycles. The predicted octanol–water partition coefficient (Wildman–Crippen LogP) is -0.240. The number of anilines is 2. The van der Waals surface area contributed by atoms with Crippen LogP contribution in [-0.2, 0) is 0 Å². The van der Waals surface area contributed by atoms with Gasteiger partial charge in [0.2, 0.25) is 0 Å². The van der Waals surface area contributed by atoms with Crippen LogP contribution in [0.2, 0.25) is 0 Å². The molecule has 0 fully saturated rings. The van der Waals surface area contributed by atoms with E-state index in [4.69, 9.17) is 11.5 Å². The highest BCUT2D eigenvalue weighted by Gasteiger charge is 2.05. The molecule has 0 atom stereocenters. The first-order valence-corrected chi connectivity index (χ1v) is 3.38. The molecular weight excluding hydrogens is 156 g/mol. The fourth-order valence-electron chi connectivity index (χ4n) is 0.929.